The molecule has 0 aromatic carbocycles. The molecule has 1 saturated heterocycles. The molecule has 0 saturated carbocycles. The first kappa shape index (κ1) is 6.55. The number of ether oxygens (including phenoxy) is 1. The Morgan fingerprint density at radius 3 is 3.11 bits per heavy atom. The minimum absolute atomic E-state index is 0.260. The molecule has 9 heavy (non-hydrogen) atoms. The van der Waals surface area contributed by atoms with Crippen LogP contribution in [0.15, 0.2) is 0 Å². The zero-order valence-electron chi connectivity index (χ0n) is 5.30. The SMILES string of the molecule is O=CNC1CCCOC1. The Kier molecular flexibility index (Phi) is 2.51. The number of amides is 1. The zero-order chi connectivity index (χ0) is 6.53. The van der Waals surface area contributed by atoms with Gasteiger partial charge in [0.05, 0.1) is 12.6 Å². The molecule has 0 bridgehead atoms. The molecule has 1 N–H and O–H groups in total. The third kappa shape index (κ3) is 2.01. The molecule has 1 amide bonds. The first-order valence-electron chi connectivity index (χ1n) is 3.21. The molecule has 1 unspecified atom stereocenters. The molecule has 0 aromatic heterocycles. The average molecular weight is 129 g/mol. The number of rotatable bonds is 2. The topological polar surface area (TPSA) is 38.3 Å². The van der Waals surface area contributed by atoms with Crippen LogP contribution in [0.1, 0.15) is 12.8 Å². The highest BCUT2D eigenvalue weighted by atomic mass is 16.5. The van der Waals surface area contributed by atoms with E-state index in [2.05, 4.69) is 5.32 Å². The molecule has 0 radical (unpaired) electrons. The van der Waals surface area contributed by atoms with Crippen molar-refractivity contribution < 1.29 is 9.53 Å². The van der Waals surface area contributed by atoms with Gasteiger partial charge in [0.1, 0.15) is 0 Å². The number of hydrogen-bond acceptors (Lipinski definition) is 2. The Labute approximate surface area is 54.4 Å². The average Bonchev–Trinajstić information content (AvgIpc) is 1.91. The lowest BCUT2D eigenvalue weighted by atomic mass is 10.1. The molecular formula is C6H11NO2. The van der Waals surface area contributed by atoms with Crippen LogP contribution in [0.2, 0.25) is 0 Å². The van der Waals surface area contributed by atoms with E-state index in [1.54, 1.807) is 0 Å². The van der Waals surface area contributed by atoms with Crippen LogP contribution in [0.5, 0.6) is 0 Å². The maximum Gasteiger partial charge on any atom is 0.207 e. The van der Waals surface area contributed by atoms with Crippen LogP contribution in [0.25, 0.3) is 0 Å². The zero-order valence-corrected chi connectivity index (χ0v) is 5.30. The van der Waals surface area contributed by atoms with Crippen molar-refractivity contribution in [1.29, 1.82) is 0 Å². The van der Waals surface area contributed by atoms with Crippen LogP contribution in [-0.2, 0) is 9.53 Å². The van der Waals surface area contributed by atoms with Gasteiger partial charge in [-0.25, -0.2) is 0 Å². The maximum absolute atomic E-state index is 9.91. The number of carbonyl (C=O) groups excluding carboxylic acids is 1. The standard InChI is InChI=1S/C6H11NO2/c8-5-7-6-2-1-3-9-4-6/h5-6H,1-4H2,(H,7,8). The highest BCUT2D eigenvalue weighted by molar-refractivity contribution is 5.46. The van der Waals surface area contributed by atoms with E-state index in [-0.39, 0.29) is 6.04 Å². The second-order valence-corrected chi connectivity index (χ2v) is 2.20. The van der Waals surface area contributed by atoms with Crippen LogP contribution in [0.3, 0.4) is 0 Å². The third-order valence-electron chi connectivity index (χ3n) is 1.46. The lowest BCUT2D eigenvalue weighted by Crippen LogP contribution is -2.35. The predicted molar refractivity (Wildman–Crippen MR) is 33.0 cm³/mol. The summed E-state index contributed by atoms with van der Waals surface area (Å²) in [6.45, 7) is 1.52. The minimum atomic E-state index is 0.260. The van der Waals surface area contributed by atoms with Crippen LogP contribution >= 0.6 is 0 Å². The molecule has 0 spiro atoms. The summed E-state index contributed by atoms with van der Waals surface area (Å²) in [6.07, 6.45) is 2.85. The van der Waals surface area contributed by atoms with Crippen molar-refractivity contribution >= 4 is 6.41 Å². The summed E-state index contributed by atoms with van der Waals surface area (Å²) in [5.74, 6) is 0. The Morgan fingerprint density at radius 2 is 2.56 bits per heavy atom. The quantitative estimate of drug-likeness (QED) is 0.529. The summed E-state index contributed by atoms with van der Waals surface area (Å²) in [6, 6.07) is 0.260. The smallest absolute Gasteiger partial charge is 0.207 e. The summed E-state index contributed by atoms with van der Waals surface area (Å²) < 4.78 is 5.11. The van der Waals surface area contributed by atoms with Gasteiger partial charge in [0.25, 0.3) is 0 Å². The van der Waals surface area contributed by atoms with Gasteiger partial charge in [-0.2, -0.15) is 0 Å². The molecule has 1 heterocycles. The minimum Gasteiger partial charge on any atom is -0.379 e. The predicted octanol–water partition coefficient (Wildman–Crippen LogP) is -0.0886. The van der Waals surface area contributed by atoms with Crippen molar-refractivity contribution in [3.05, 3.63) is 0 Å². The second kappa shape index (κ2) is 3.45. The summed E-state index contributed by atoms with van der Waals surface area (Å²) in [5.41, 5.74) is 0. The van der Waals surface area contributed by atoms with Crippen molar-refractivity contribution in [2.45, 2.75) is 18.9 Å². The maximum atomic E-state index is 9.91. The van der Waals surface area contributed by atoms with Gasteiger partial charge in [-0.3, -0.25) is 4.79 Å². The van der Waals surface area contributed by atoms with Gasteiger partial charge in [0, 0.05) is 6.61 Å². The van der Waals surface area contributed by atoms with Gasteiger partial charge >= 0.3 is 0 Å². The third-order valence-corrected chi connectivity index (χ3v) is 1.46. The van der Waals surface area contributed by atoms with E-state index in [0.717, 1.165) is 25.9 Å². The lowest BCUT2D eigenvalue weighted by Gasteiger charge is -2.20. The fourth-order valence-corrected chi connectivity index (χ4v) is 0.968. The molecule has 1 rings (SSSR count). The monoisotopic (exact) mass is 129 g/mol. The Balaban J connectivity index is 2.15. The van der Waals surface area contributed by atoms with E-state index in [0.29, 0.717) is 6.61 Å². The first-order chi connectivity index (χ1) is 4.43. The summed E-state index contributed by atoms with van der Waals surface area (Å²) in [5, 5.41) is 2.68. The largest absolute Gasteiger partial charge is 0.379 e. The molecule has 1 atom stereocenters. The van der Waals surface area contributed by atoms with Gasteiger partial charge in [0.15, 0.2) is 0 Å². The molecule has 52 valence electrons. The molecule has 0 aliphatic carbocycles. The second-order valence-electron chi connectivity index (χ2n) is 2.20. The van der Waals surface area contributed by atoms with E-state index in [4.69, 9.17) is 4.74 Å². The van der Waals surface area contributed by atoms with Gasteiger partial charge < -0.3 is 10.1 Å². The molecule has 3 heteroatoms. The Morgan fingerprint density at radius 1 is 1.67 bits per heavy atom. The van der Waals surface area contributed by atoms with Crippen LogP contribution in [0, 0.1) is 0 Å². The van der Waals surface area contributed by atoms with Gasteiger partial charge in [-0.1, -0.05) is 0 Å². The normalized spacial score (nSPS) is 27.3. The molecular weight excluding hydrogens is 118 g/mol. The van der Waals surface area contributed by atoms with Crippen LogP contribution in [-0.4, -0.2) is 25.7 Å². The Bertz CT molecular complexity index is 89.1. The van der Waals surface area contributed by atoms with Crippen molar-refractivity contribution in [2.75, 3.05) is 13.2 Å². The molecule has 3 nitrogen and oxygen atoms in total. The van der Waals surface area contributed by atoms with Gasteiger partial charge in [0.2, 0.25) is 6.41 Å². The summed E-state index contributed by atoms with van der Waals surface area (Å²) in [7, 11) is 0. The Hall–Kier alpha value is -0.570. The lowest BCUT2D eigenvalue weighted by molar-refractivity contribution is -0.111. The van der Waals surface area contributed by atoms with Crippen molar-refractivity contribution in [3.8, 4) is 0 Å². The highest BCUT2D eigenvalue weighted by Crippen LogP contribution is 2.04. The van der Waals surface area contributed by atoms with Gasteiger partial charge in [-0.15, -0.1) is 0 Å². The number of hydrogen-bond donors (Lipinski definition) is 1. The van der Waals surface area contributed by atoms with E-state index >= 15 is 0 Å². The van der Waals surface area contributed by atoms with Crippen LogP contribution < -0.4 is 5.32 Å². The molecule has 1 aliphatic heterocycles. The fraction of sp³-hybridized carbons (Fsp3) is 0.833. The van der Waals surface area contributed by atoms with Crippen LogP contribution in [0.4, 0.5) is 0 Å². The molecule has 1 aliphatic rings. The van der Waals surface area contributed by atoms with E-state index in [1.807, 2.05) is 0 Å². The molecule has 0 aromatic rings. The van der Waals surface area contributed by atoms with E-state index in [9.17, 15) is 4.79 Å². The fourth-order valence-electron chi connectivity index (χ4n) is 0.968. The number of carbonyl (C=O) groups is 1. The first-order valence-corrected chi connectivity index (χ1v) is 3.21. The van der Waals surface area contributed by atoms with Crippen molar-refractivity contribution in [2.24, 2.45) is 0 Å². The van der Waals surface area contributed by atoms with Crippen molar-refractivity contribution in [1.82, 2.24) is 5.32 Å². The van der Waals surface area contributed by atoms with E-state index in [1.165, 1.54) is 0 Å². The summed E-state index contributed by atoms with van der Waals surface area (Å²) >= 11 is 0. The van der Waals surface area contributed by atoms with Crippen molar-refractivity contribution in [3.63, 3.8) is 0 Å². The summed E-state index contributed by atoms with van der Waals surface area (Å²) in [4.78, 5) is 9.91. The van der Waals surface area contributed by atoms with Gasteiger partial charge in [-0.05, 0) is 12.8 Å². The molecule has 1 fully saturated rings. The van der Waals surface area contributed by atoms with E-state index < -0.39 is 0 Å². The number of nitrogens with one attached hydrogen (secondary N) is 1. The highest BCUT2D eigenvalue weighted by Gasteiger charge is 2.11.